The molecule has 4 nitrogen and oxygen atoms in total. The normalized spacial score (nSPS) is 10.6. The molecular formula is C23H17FN2O2. The molecule has 0 fully saturated rings. The third-order valence-electron chi connectivity index (χ3n) is 4.48. The first-order chi connectivity index (χ1) is 13.7. The van der Waals surface area contributed by atoms with Crippen molar-refractivity contribution >= 4 is 0 Å². The van der Waals surface area contributed by atoms with Crippen molar-refractivity contribution in [3.8, 4) is 33.8 Å². The van der Waals surface area contributed by atoms with Gasteiger partial charge in [0.1, 0.15) is 11.6 Å². The van der Waals surface area contributed by atoms with Crippen LogP contribution in [0.1, 0.15) is 0 Å². The van der Waals surface area contributed by atoms with Crippen molar-refractivity contribution < 1.29 is 9.13 Å². The number of para-hydroxylation sites is 1. The molecule has 0 amide bonds. The summed E-state index contributed by atoms with van der Waals surface area (Å²) in [7, 11) is 1.57. The quantitative estimate of drug-likeness (QED) is 0.521. The molecule has 2 heterocycles. The van der Waals surface area contributed by atoms with Crippen LogP contribution in [-0.4, -0.2) is 16.7 Å². The van der Waals surface area contributed by atoms with Crippen molar-refractivity contribution in [3.05, 3.63) is 101 Å². The summed E-state index contributed by atoms with van der Waals surface area (Å²) in [4.78, 5) is 17.7. The Labute approximate surface area is 161 Å². The molecule has 0 aliphatic heterocycles. The van der Waals surface area contributed by atoms with Crippen LogP contribution in [-0.2, 0) is 0 Å². The van der Waals surface area contributed by atoms with Crippen LogP contribution in [0.25, 0.3) is 28.1 Å². The fraction of sp³-hybridized carbons (Fsp3) is 0.0435. The highest BCUT2D eigenvalue weighted by atomic mass is 19.1. The number of rotatable bonds is 4. The smallest absolute Gasteiger partial charge is 0.263 e. The molecule has 0 saturated heterocycles. The average molecular weight is 372 g/mol. The number of benzene rings is 2. The Morgan fingerprint density at radius 2 is 1.68 bits per heavy atom. The van der Waals surface area contributed by atoms with Gasteiger partial charge in [-0.25, -0.2) is 4.39 Å². The highest BCUT2D eigenvalue weighted by Gasteiger charge is 2.15. The molecule has 0 radical (unpaired) electrons. The molecule has 0 spiro atoms. The van der Waals surface area contributed by atoms with Gasteiger partial charge in [-0.2, -0.15) is 0 Å². The van der Waals surface area contributed by atoms with E-state index in [1.807, 2.05) is 48.5 Å². The number of methoxy groups -OCH3 is 1. The highest BCUT2D eigenvalue weighted by molar-refractivity contribution is 5.75. The lowest BCUT2D eigenvalue weighted by Gasteiger charge is -2.14. The number of pyridine rings is 2. The third-order valence-corrected chi connectivity index (χ3v) is 4.48. The van der Waals surface area contributed by atoms with E-state index in [1.165, 1.54) is 16.7 Å². The molecule has 0 aliphatic rings. The van der Waals surface area contributed by atoms with Gasteiger partial charge in [-0.05, 0) is 48.5 Å². The Morgan fingerprint density at radius 1 is 0.929 bits per heavy atom. The van der Waals surface area contributed by atoms with Gasteiger partial charge >= 0.3 is 0 Å². The molecule has 5 heteroatoms. The zero-order valence-electron chi connectivity index (χ0n) is 15.2. The van der Waals surface area contributed by atoms with Gasteiger partial charge in [-0.15, -0.1) is 0 Å². The van der Waals surface area contributed by atoms with Gasteiger partial charge in [0.15, 0.2) is 0 Å². The molecule has 0 aliphatic carbocycles. The molecule has 2 aromatic carbocycles. The maximum Gasteiger partial charge on any atom is 0.263 e. The second kappa shape index (κ2) is 7.48. The van der Waals surface area contributed by atoms with Gasteiger partial charge in [0.25, 0.3) is 5.56 Å². The minimum atomic E-state index is -0.359. The molecule has 28 heavy (non-hydrogen) atoms. The first-order valence-electron chi connectivity index (χ1n) is 8.75. The van der Waals surface area contributed by atoms with Gasteiger partial charge < -0.3 is 4.74 Å². The molecule has 2 aromatic heterocycles. The highest BCUT2D eigenvalue weighted by Crippen LogP contribution is 2.30. The summed E-state index contributed by atoms with van der Waals surface area (Å²) in [6.07, 6.45) is 3.42. The largest absolute Gasteiger partial charge is 0.496 e. The van der Waals surface area contributed by atoms with Crippen LogP contribution in [0, 0.1) is 5.82 Å². The van der Waals surface area contributed by atoms with Crippen LogP contribution in [0.15, 0.2) is 90.0 Å². The molecule has 0 atom stereocenters. The minimum Gasteiger partial charge on any atom is -0.496 e. The molecule has 0 unspecified atom stereocenters. The Kier molecular flexibility index (Phi) is 4.72. The summed E-state index contributed by atoms with van der Waals surface area (Å²) in [6.45, 7) is 0. The molecule has 0 bridgehead atoms. The SMILES string of the molecule is COc1ccccc1-c1cc(-c2ccccn2)cn(-c2ccc(F)cc2)c1=O. The summed E-state index contributed by atoms with van der Waals surface area (Å²) >= 11 is 0. The van der Waals surface area contributed by atoms with Crippen molar-refractivity contribution in [2.75, 3.05) is 7.11 Å². The predicted octanol–water partition coefficient (Wildman–Crippen LogP) is 4.71. The second-order valence-electron chi connectivity index (χ2n) is 6.21. The zero-order chi connectivity index (χ0) is 19.5. The number of ether oxygens (including phenoxy) is 1. The fourth-order valence-electron chi connectivity index (χ4n) is 3.11. The number of halogens is 1. The standard InChI is InChI=1S/C23H17FN2O2/c1-28-22-8-3-2-6-19(22)20-14-16(21-7-4-5-13-25-21)15-26(23(20)27)18-11-9-17(24)10-12-18/h2-15H,1H3. The Hall–Kier alpha value is -3.73. The lowest BCUT2D eigenvalue weighted by atomic mass is 10.0. The van der Waals surface area contributed by atoms with Crippen LogP contribution in [0.4, 0.5) is 4.39 Å². The van der Waals surface area contributed by atoms with E-state index in [-0.39, 0.29) is 11.4 Å². The summed E-state index contributed by atoms with van der Waals surface area (Å²) < 4.78 is 20.3. The molecule has 4 rings (SSSR count). The summed E-state index contributed by atoms with van der Waals surface area (Å²) in [5.74, 6) is 0.242. The van der Waals surface area contributed by atoms with Crippen molar-refractivity contribution in [2.45, 2.75) is 0 Å². The maximum absolute atomic E-state index is 13.4. The molecular weight excluding hydrogens is 355 g/mol. The number of hydrogen-bond acceptors (Lipinski definition) is 3. The van der Waals surface area contributed by atoms with Crippen molar-refractivity contribution in [1.29, 1.82) is 0 Å². The Morgan fingerprint density at radius 3 is 2.39 bits per heavy atom. The van der Waals surface area contributed by atoms with Crippen molar-refractivity contribution in [2.24, 2.45) is 0 Å². The average Bonchev–Trinajstić information content (AvgIpc) is 2.75. The molecule has 0 N–H and O–H groups in total. The van der Waals surface area contributed by atoms with Crippen molar-refractivity contribution in [1.82, 2.24) is 9.55 Å². The lowest BCUT2D eigenvalue weighted by molar-refractivity contribution is 0.416. The lowest BCUT2D eigenvalue weighted by Crippen LogP contribution is -2.20. The number of nitrogens with zero attached hydrogens (tertiary/aromatic N) is 2. The van der Waals surface area contributed by atoms with Crippen LogP contribution < -0.4 is 10.3 Å². The maximum atomic E-state index is 13.4. The first-order valence-corrected chi connectivity index (χ1v) is 8.75. The second-order valence-corrected chi connectivity index (χ2v) is 6.21. The number of hydrogen-bond donors (Lipinski definition) is 0. The predicted molar refractivity (Wildman–Crippen MR) is 107 cm³/mol. The van der Waals surface area contributed by atoms with Crippen LogP contribution in [0.5, 0.6) is 5.75 Å². The van der Waals surface area contributed by atoms with E-state index < -0.39 is 0 Å². The molecule has 138 valence electrons. The van der Waals surface area contributed by atoms with Crippen LogP contribution >= 0.6 is 0 Å². The van der Waals surface area contributed by atoms with Gasteiger partial charge in [0, 0.05) is 29.2 Å². The third kappa shape index (κ3) is 3.30. The van der Waals surface area contributed by atoms with Gasteiger partial charge in [-0.3, -0.25) is 14.3 Å². The minimum absolute atomic E-state index is 0.226. The van der Waals surface area contributed by atoms with E-state index in [4.69, 9.17) is 4.74 Å². The number of aromatic nitrogens is 2. The van der Waals surface area contributed by atoms with E-state index in [2.05, 4.69) is 4.98 Å². The van der Waals surface area contributed by atoms with Crippen molar-refractivity contribution in [3.63, 3.8) is 0 Å². The van der Waals surface area contributed by atoms with Crippen LogP contribution in [0.2, 0.25) is 0 Å². The van der Waals surface area contributed by atoms with Gasteiger partial charge in [0.2, 0.25) is 0 Å². The van der Waals surface area contributed by atoms with Gasteiger partial charge in [-0.1, -0.05) is 24.3 Å². The van der Waals surface area contributed by atoms with E-state index in [0.29, 0.717) is 22.6 Å². The fourth-order valence-corrected chi connectivity index (χ4v) is 3.11. The Bertz CT molecular complexity index is 1170. The van der Waals surface area contributed by atoms with E-state index in [9.17, 15) is 9.18 Å². The van der Waals surface area contributed by atoms with E-state index >= 15 is 0 Å². The summed E-state index contributed by atoms with van der Waals surface area (Å²) in [5.41, 5.74) is 3.00. The summed E-state index contributed by atoms with van der Waals surface area (Å²) in [6, 6.07) is 20.6. The van der Waals surface area contributed by atoms with Gasteiger partial charge in [0.05, 0.1) is 18.4 Å². The Balaban J connectivity index is 2.01. The van der Waals surface area contributed by atoms with E-state index in [0.717, 1.165) is 11.3 Å². The first kappa shape index (κ1) is 17.7. The molecule has 4 aromatic rings. The molecule has 0 saturated carbocycles. The van der Waals surface area contributed by atoms with E-state index in [1.54, 1.807) is 31.6 Å². The summed E-state index contributed by atoms with van der Waals surface area (Å²) in [5, 5.41) is 0. The topological polar surface area (TPSA) is 44.1 Å². The zero-order valence-corrected chi connectivity index (χ0v) is 15.2. The van der Waals surface area contributed by atoms with Crippen LogP contribution in [0.3, 0.4) is 0 Å². The monoisotopic (exact) mass is 372 g/mol.